The van der Waals surface area contributed by atoms with Crippen molar-refractivity contribution in [1.82, 2.24) is 19.7 Å². The van der Waals surface area contributed by atoms with Crippen LogP contribution in [0.5, 0.6) is 0 Å². The Morgan fingerprint density at radius 3 is 2.74 bits per heavy atom. The molecule has 0 unspecified atom stereocenters. The van der Waals surface area contributed by atoms with Gasteiger partial charge in [0.1, 0.15) is 29.1 Å². The maximum atomic E-state index is 14.7. The lowest BCUT2D eigenvalue weighted by atomic mass is 10.1. The second kappa shape index (κ2) is 9.02. The SMILES string of the molecule is C=Nc1c(N=C(C)C)nc(N2CCO[C@@H](c3cnn(C4CC4)c3)C2)nc1-c1ccc(F)cc1F. The standard InChI is InChI=1S/C24H25F2N7O/c1-14(2)29-23-22(27-3)21(18-7-4-16(25)10-19(18)26)30-24(31-23)32-8-9-34-20(13-32)15-11-28-33(12-15)17-5-6-17/h4,7,10-12,17,20H,3,5-6,8-9,13H2,1-2H3/t20-/m1/s1. The summed E-state index contributed by atoms with van der Waals surface area (Å²) < 4.78 is 36.3. The van der Waals surface area contributed by atoms with Gasteiger partial charge in [-0.05, 0) is 45.5 Å². The zero-order valence-corrected chi connectivity index (χ0v) is 19.1. The van der Waals surface area contributed by atoms with E-state index in [1.54, 1.807) is 0 Å². The van der Waals surface area contributed by atoms with Crippen LogP contribution in [0.25, 0.3) is 11.3 Å². The van der Waals surface area contributed by atoms with Gasteiger partial charge in [0.2, 0.25) is 5.95 Å². The number of hydrogen-bond donors (Lipinski definition) is 0. The molecule has 0 radical (unpaired) electrons. The molecule has 3 aromatic rings. The first-order valence-corrected chi connectivity index (χ1v) is 11.2. The highest BCUT2D eigenvalue weighted by molar-refractivity contribution is 5.87. The lowest BCUT2D eigenvalue weighted by molar-refractivity contribution is 0.0392. The number of anilines is 1. The molecular formula is C24H25F2N7O. The van der Waals surface area contributed by atoms with Crippen molar-refractivity contribution < 1.29 is 13.5 Å². The molecule has 3 heterocycles. The summed E-state index contributed by atoms with van der Waals surface area (Å²) in [5.41, 5.74) is 2.29. The molecule has 34 heavy (non-hydrogen) atoms. The lowest BCUT2D eigenvalue weighted by Crippen LogP contribution is -2.39. The van der Waals surface area contributed by atoms with E-state index in [0.717, 1.165) is 30.2 Å². The van der Waals surface area contributed by atoms with Crippen molar-refractivity contribution in [1.29, 1.82) is 0 Å². The number of hydrogen-bond acceptors (Lipinski definition) is 7. The molecule has 0 amide bonds. The number of benzene rings is 1. The van der Waals surface area contributed by atoms with Crippen molar-refractivity contribution in [3.63, 3.8) is 0 Å². The van der Waals surface area contributed by atoms with E-state index in [0.29, 0.717) is 31.7 Å². The number of aliphatic imine (C=N–C) groups is 2. The van der Waals surface area contributed by atoms with E-state index in [9.17, 15) is 8.78 Å². The van der Waals surface area contributed by atoms with Gasteiger partial charge in [-0.15, -0.1) is 0 Å². The fraction of sp³-hybridized carbons (Fsp3) is 0.375. The fourth-order valence-electron chi connectivity index (χ4n) is 3.97. The third kappa shape index (κ3) is 4.45. The highest BCUT2D eigenvalue weighted by Crippen LogP contribution is 2.39. The van der Waals surface area contributed by atoms with Crippen LogP contribution in [0.15, 0.2) is 40.6 Å². The molecule has 0 bridgehead atoms. The number of rotatable bonds is 6. The van der Waals surface area contributed by atoms with Crippen LogP contribution in [0.3, 0.4) is 0 Å². The summed E-state index contributed by atoms with van der Waals surface area (Å²) in [5, 5.41) is 4.47. The Labute approximate surface area is 196 Å². The first-order valence-electron chi connectivity index (χ1n) is 11.2. The van der Waals surface area contributed by atoms with Crippen LogP contribution in [0.1, 0.15) is 44.4 Å². The molecule has 0 N–H and O–H groups in total. The Morgan fingerprint density at radius 2 is 2.03 bits per heavy atom. The van der Waals surface area contributed by atoms with Crippen LogP contribution in [-0.2, 0) is 4.74 Å². The largest absolute Gasteiger partial charge is 0.370 e. The smallest absolute Gasteiger partial charge is 0.228 e. The number of morpholine rings is 1. The molecule has 1 aliphatic carbocycles. The first-order chi connectivity index (χ1) is 16.4. The molecule has 0 spiro atoms. The van der Waals surface area contributed by atoms with E-state index in [1.165, 1.54) is 12.1 Å². The van der Waals surface area contributed by atoms with Gasteiger partial charge in [0.15, 0.2) is 5.82 Å². The topological polar surface area (TPSA) is 80.8 Å². The van der Waals surface area contributed by atoms with Crippen LogP contribution >= 0.6 is 0 Å². The van der Waals surface area contributed by atoms with Gasteiger partial charge in [0.25, 0.3) is 0 Å². The van der Waals surface area contributed by atoms with E-state index >= 15 is 0 Å². The number of halogens is 2. The quantitative estimate of drug-likeness (QED) is 0.480. The van der Waals surface area contributed by atoms with Crippen LogP contribution in [0.2, 0.25) is 0 Å². The summed E-state index contributed by atoms with van der Waals surface area (Å²) in [6.45, 7) is 8.78. The Balaban J connectivity index is 1.54. The van der Waals surface area contributed by atoms with Gasteiger partial charge in [-0.2, -0.15) is 10.1 Å². The van der Waals surface area contributed by atoms with Crippen molar-refractivity contribution in [3.8, 4) is 11.3 Å². The van der Waals surface area contributed by atoms with Crippen molar-refractivity contribution in [2.24, 2.45) is 9.98 Å². The van der Waals surface area contributed by atoms with Gasteiger partial charge in [0.05, 0.1) is 25.4 Å². The van der Waals surface area contributed by atoms with Gasteiger partial charge >= 0.3 is 0 Å². The Bertz CT molecular complexity index is 1260. The molecule has 2 aromatic heterocycles. The summed E-state index contributed by atoms with van der Waals surface area (Å²) in [6.07, 6.45) is 5.98. The van der Waals surface area contributed by atoms with Gasteiger partial charge in [-0.3, -0.25) is 9.67 Å². The van der Waals surface area contributed by atoms with E-state index < -0.39 is 11.6 Å². The summed E-state index contributed by atoms with van der Waals surface area (Å²) >= 11 is 0. The van der Waals surface area contributed by atoms with Crippen LogP contribution in [-0.4, -0.2) is 51.9 Å². The predicted octanol–water partition coefficient (Wildman–Crippen LogP) is 4.98. The molecule has 1 atom stereocenters. The average Bonchev–Trinajstić information content (AvgIpc) is 3.54. The van der Waals surface area contributed by atoms with Gasteiger partial charge in [0, 0.05) is 35.6 Å². The van der Waals surface area contributed by atoms with Crippen molar-refractivity contribution in [2.45, 2.75) is 38.8 Å². The summed E-state index contributed by atoms with van der Waals surface area (Å²) in [4.78, 5) is 19.8. The maximum Gasteiger partial charge on any atom is 0.228 e. The summed E-state index contributed by atoms with van der Waals surface area (Å²) in [7, 11) is 0. The Kier molecular flexibility index (Phi) is 5.91. The first kappa shape index (κ1) is 22.3. The number of nitrogens with zero attached hydrogens (tertiary/aromatic N) is 7. The van der Waals surface area contributed by atoms with E-state index in [2.05, 4.69) is 31.8 Å². The molecule has 1 saturated heterocycles. The van der Waals surface area contributed by atoms with E-state index in [1.807, 2.05) is 35.8 Å². The monoisotopic (exact) mass is 465 g/mol. The minimum Gasteiger partial charge on any atom is -0.370 e. The molecule has 2 fully saturated rings. The second-order valence-electron chi connectivity index (χ2n) is 8.68. The average molecular weight is 466 g/mol. The molecule has 1 aliphatic heterocycles. The zero-order chi connectivity index (χ0) is 23.8. The molecule has 176 valence electrons. The molecule has 1 aromatic carbocycles. The highest BCUT2D eigenvalue weighted by Gasteiger charge is 2.29. The van der Waals surface area contributed by atoms with Crippen LogP contribution < -0.4 is 4.90 Å². The minimum atomic E-state index is -0.745. The number of aromatic nitrogens is 4. The van der Waals surface area contributed by atoms with E-state index in [-0.39, 0.29) is 28.9 Å². The van der Waals surface area contributed by atoms with Gasteiger partial charge in [-0.25, -0.2) is 18.8 Å². The van der Waals surface area contributed by atoms with Crippen molar-refractivity contribution >= 4 is 29.9 Å². The van der Waals surface area contributed by atoms with Crippen molar-refractivity contribution in [2.75, 3.05) is 24.6 Å². The lowest BCUT2D eigenvalue weighted by Gasteiger charge is -2.33. The van der Waals surface area contributed by atoms with Crippen molar-refractivity contribution in [3.05, 3.63) is 47.8 Å². The highest BCUT2D eigenvalue weighted by atomic mass is 19.1. The summed E-state index contributed by atoms with van der Waals surface area (Å²) in [5.74, 6) is -0.767. The Hall–Kier alpha value is -3.53. The fourth-order valence-corrected chi connectivity index (χ4v) is 3.97. The molecule has 10 heteroatoms. The maximum absolute atomic E-state index is 14.7. The van der Waals surface area contributed by atoms with Gasteiger partial charge in [-0.1, -0.05) is 0 Å². The van der Waals surface area contributed by atoms with Crippen LogP contribution in [0.4, 0.5) is 26.2 Å². The minimum absolute atomic E-state index is 0.105. The molecule has 2 aliphatic rings. The predicted molar refractivity (Wildman–Crippen MR) is 126 cm³/mol. The molecule has 5 rings (SSSR count). The summed E-state index contributed by atoms with van der Waals surface area (Å²) in [6, 6.07) is 3.83. The molecule has 8 nitrogen and oxygen atoms in total. The van der Waals surface area contributed by atoms with Crippen LogP contribution in [0, 0.1) is 11.6 Å². The molecular weight excluding hydrogens is 440 g/mol. The van der Waals surface area contributed by atoms with E-state index in [4.69, 9.17) is 4.74 Å². The number of ether oxygens (including phenoxy) is 1. The molecule has 1 saturated carbocycles. The zero-order valence-electron chi connectivity index (χ0n) is 19.1. The second-order valence-corrected chi connectivity index (χ2v) is 8.68. The third-order valence-electron chi connectivity index (χ3n) is 5.79. The third-order valence-corrected chi connectivity index (χ3v) is 5.79. The Morgan fingerprint density at radius 1 is 1.21 bits per heavy atom. The normalized spacial score (nSPS) is 18.1. The van der Waals surface area contributed by atoms with Gasteiger partial charge < -0.3 is 9.64 Å².